The lowest BCUT2D eigenvalue weighted by Gasteiger charge is -2.32. The maximum absolute atomic E-state index is 12.9. The number of fused-ring (bicyclic) bond motifs is 1. The molecule has 0 bridgehead atoms. The van der Waals surface area contributed by atoms with Crippen molar-refractivity contribution in [3.8, 4) is 0 Å². The lowest BCUT2D eigenvalue weighted by atomic mass is 9.95. The topological polar surface area (TPSA) is 87.0 Å². The number of aryl methyl sites for hydroxylation is 1. The number of rotatable bonds is 3. The average Bonchev–Trinajstić information content (AvgIpc) is 2.92. The minimum absolute atomic E-state index is 0.0463. The molecule has 0 aromatic carbocycles. The average molecular weight is 325 g/mol. The predicted octanol–water partition coefficient (Wildman–Crippen LogP) is 1.60. The van der Waals surface area contributed by atoms with E-state index in [1.165, 1.54) is 17.2 Å². The summed E-state index contributed by atoms with van der Waals surface area (Å²) < 4.78 is 27.2. The van der Waals surface area contributed by atoms with Gasteiger partial charge in [-0.25, -0.2) is 4.98 Å². The minimum Gasteiger partial charge on any atom is -0.592 e. The van der Waals surface area contributed by atoms with Crippen LogP contribution < -0.4 is 5.32 Å². The van der Waals surface area contributed by atoms with Crippen molar-refractivity contribution in [3.63, 3.8) is 0 Å². The molecule has 0 spiro atoms. The molecule has 1 atom stereocenters. The van der Waals surface area contributed by atoms with E-state index in [1.54, 1.807) is 0 Å². The molecular weight excluding hydrogens is 302 g/mol. The molecule has 1 heterocycles. The third-order valence-corrected chi connectivity index (χ3v) is 6.95. The maximum atomic E-state index is 12.9. The van der Waals surface area contributed by atoms with Crippen molar-refractivity contribution in [1.82, 2.24) is 14.3 Å². The second-order valence-corrected chi connectivity index (χ2v) is 8.45. The molecule has 3 rings (SSSR count). The van der Waals surface area contributed by atoms with E-state index >= 15 is 0 Å². The van der Waals surface area contributed by atoms with Crippen LogP contribution >= 0.6 is 0 Å². The van der Waals surface area contributed by atoms with Crippen molar-refractivity contribution in [1.29, 1.82) is 0 Å². The highest BCUT2D eigenvalue weighted by Crippen LogP contribution is 2.31. The number of aromatic nitrogens is 2. The molecule has 1 saturated carbocycles. The highest BCUT2D eigenvalue weighted by molar-refractivity contribution is 7.96. The van der Waals surface area contributed by atoms with E-state index in [-0.39, 0.29) is 17.2 Å². The fourth-order valence-electron chi connectivity index (χ4n) is 3.61. The van der Waals surface area contributed by atoms with Crippen molar-refractivity contribution in [2.45, 2.75) is 69.6 Å². The Bertz CT molecular complexity index is 605. The summed E-state index contributed by atoms with van der Waals surface area (Å²) in [4.78, 5) is 15.4. The zero-order valence-electron chi connectivity index (χ0n) is 12.9. The van der Waals surface area contributed by atoms with Gasteiger partial charge in [0.25, 0.3) is 0 Å². The van der Waals surface area contributed by atoms with Gasteiger partial charge in [-0.1, -0.05) is 4.21 Å². The van der Waals surface area contributed by atoms with Gasteiger partial charge in [0.05, 0.1) is 11.4 Å². The zero-order chi connectivity index (χ0) is 15.7. The summed E-state index contributed by atoms with van der Waals surface area (Å²) in [6.45, 7) is 1.50. The van der Waals surface area contributed by atoms with Crippen LogP contribution in [0.15, 0.2) is 6.33 Å². The summed E-state index contributed by atoms with van der Waals surface area (Å²) in [6.07, 6.45) is 7.94. The Balaban J connectivity index is 1.73. The molecule has 2 aliphatic carbocycles. The predicted molar refractivity (Wildman–Crippen MR) is 83.0 cm³/mol. The first-order valence-corrected chi connectivity index (χ1v) is 9.55. The quantitative estimate of drug-likeness (QED) is 0.855. The van der Waals surface area contributed by atoms with Gasteiger partial charge in [0.2, 0.25) is 5.91 Å². The van der Waals surface area contributed by atoms with Crippen molar-refractivity contribution in [2.75, 3.05) is 0 Å². The molecule has 22 heavy (non-hydrogen) atoms. The summed E-state index contributed by atoms with van der Waals surface area (Å²) in [6, 6.07) is 0.112. The molecule has 7 heteroatoms. The highest BCUT2D eigenvalue weighted by atomic mass is 32.3. The van der Waals surface area contributed by atoms with E-state index in [9.17, 15) is 13.6 Å². The molecule has 6 nitrogen and oxygen atoms in total. The first-order chi connectivity index (χ1) is 10.5. The number of nitrogens with one attached hydrogen (secondary N) is 1. The number of amides is 1. The molecule has 0 saturated heterocycles. The number of hydrogen-bond acceptors (Lipinski definition) is 4. The Labute approximate surface area is 132 Å². The van der Waals surface area contributed by atoms with E-state index in [0.717, 1.165) is 49.9 Å². The third-order valence-electron chi connectivity index (χ3n) is 4.77. The fourth-order valence-corrected chi connectivity index (χ4v) is 5.49. The van der Waals surface area contributed by atoms with Crippen molar-refractivity contribution in [2.24, 2.45) is 0 Å². The van der Waals surface area contributed by atoms with Crippen LogP contribution in [0.2, 0.25) is 0 Å². The van der Waals surface area contributed by atoms with Gasteiger partial charge < -0.3 is 9.87 Å². The molecule has 1 aromatic rings. The highest BCUT2D eigenvalue weighted by Gasteiger charge is 2.38. The van der Waals surface area contributed by atoms with Gasteiger partial charge >= 0.3 is 0 Å². The zero-order valence-corrected chi connectivity index (χ0v) is 13.7. The van der Waals surface area contributed by atoms with Gasteiger partial charge in [-0.15, -0.1) is 0 Å². The molecule has 1 amide bonds. The molecular formula is C15H23N3O3S. The summed E-state index contributed by atoms with van der Waals surface area (Å²) in [7, 11) is -3.37. The first kappa shape index (κ1) is 15.7. The third kappa shape index (κ3) is 2.96. The Morgan fingerprint density at radius 2 is 2.00 bits per heavy atom. The lowest BCUT2D eigenvalue weighted by molar-refractivity contribution is -0.119. The molecule has 0 radical (unpaired) electrons. The normalized spacial score (nSPS) is 27.7. The molecule has 1 aromatic heterocycles. The summed E-state index contributed by atoms with van der Waals surface area (Å²) >= 11 is 0. The van der Waals surface area contributed by atoms with Crippen LogP contribution in [0.1, 0.15) is 56.8 Å². The SMILES string of the molecule is CC(=O)NC1CCC([S+](=O)([O-])n2cnc3c2CCCC3)CC1. The van der Waals surface area contributed by atoms with E-state index in [4.69, 9.17) is 0 Å². The molecule has 1 unspecified atom stereocenters. The van der Waals surface area contributed by atoms with Gasteiger partial charge in [0.15, 0.2) is 10.4 Å². The van der Waals surface area contributed by atoms with Crippen LogP contribution in [0.5, 0.6) is 0 Å². The maximum Gasteiger partial charge on any atom is 0.217 e. The van der Waals surface area contributed by atoms with Crippen molar-refractivity contribution >= 4 is 16.3 Å². The Morgan fingerprint density at radius 1 is 1.32 bits per heavy atom. The first-order valence-electron chi connectivity index (χ1n) is 8.05. The Morgan fingerprint density at radius 3 is 2.68 bits per heavy atom. The largest absolute Gasteiger partial charge is 0.592 e. The van der Waals surface area contributed by atoms with Crippen LogP contribution in [0.25, 0.3) is 0 Å². The van der Waals surface area contributed by atoms with Crippen LogP contribution in [0.4, 0.5) is 0 Å². The number of nitrogens with zero attached hydrogens (tertiary/aromatic N) is 2. The number of hydrogen-bond donors (Lipinski definition) is 1. The molecule has 122 valence electrons. The van der Waals surface area contributed by atoms with Crippen molar-refractivity contribution in [3.05, 3.63) is 17.7 Å². The Kier molecular flexibility index (Phi) is 4.36. The summed E-state index contributed by atoms with van der Waals surface area (Å²) in [5.41, 5.74) is 1.83. The van der Waals surface area contributed by atoms with E-state index in [0.29, 0.717) is 12.8 Å². The number of imidazole rings is 1. The fraction of sp³-hybridized carbons (Fsp3) is 0.733. The number of carbonyl (C=O) groups excluding carboxylic acids is 1. The van der Waals surface area contributed by atoms with Crippen LogP contribution in [0.3, 0.4) is 0 Å². The minimum atomic E-state index is -3.37. The second kappa shape index (κ2) is 6.12. The Hall–Kier alpha value is -1.21. The van der Waals surface area contributed by atoms with Crippen molar-refractivity contribution < 1.29 is 13.6 Å². The van der Waals surface area contributed by atoms with Gasteiger partial charge in [-0.05, 0) is 51.4 Å². The van der Waals surface area contributed by atoms with E-state index in [1.807, 2.05) is 0 Å². The van der Waals surface area contributed by atoms with Gasteiger partial charge in [-0.3, -0.25) is 4.79 Å². The molecule has 0 aliphatic heterocycles. The smallest absolute Gasteiger partial charge is 0.217 e. The molecule has 1 N–H and O–H groups in total. The van der Waals surface area contributed by atoms with E-state index < -0.39 is 10.4 Å². The monoisotopic (exact) mass is 325 g/mol. The van der Waals surface area contributed by atoms with Gasteiger partial charge in [0, 0.05) is 13.0 Å². The number of carbonyl (C=O) groups is 1. The van der Waals surface area contributed by atoms with E-state index in [2.05, 4.69) is 10.3 Å². The van der Waals surface area contributed by atoms with Gasteiger partial charge in [-0.2, -0.15) is 3.97 Å². The molecule has 1 fully saturated rings. The van der Waals surface area contributed by atoms with Crippen LogP contribution in [-0.2, 0) is 32.2 Å². The standard InChI is InChI=1S/C15H23N3O3S/c1-11(19)17-12-6-8-13(9-7-12)22(20,21)18-10-16-14-4-2-3-5-15(14)18/h10,12-13H,2-9H2,1H3,(H-,17,19,20,21). The van der Waals surface area contributed by atoms with Crippen LogP contribution in [0, 0.1) is 0 Å². The summed E-state index contributed by atoms with van der Waals surface area (Å²) in [5, 5.41) is 2.52. The van der Waals surface area contributed by atoms with Gasteiger partial charge in [0.1, 0.15) is 11.6 Å². The summed E-state index contributed by atoms with van der Waals surface area (Å²) in [5.74, 6) is -0.0463. The second-order valence-electron chi connectivity index (χ2n) is 6.36. The lowest BCUT2D eigenvalue weighted by Crippen LogP contribution is -2.43. The van der Waals surface area contributed by atoms with Crippen LogP contribution in [-0.4, -0.2) is 30.7 Å². The molecule has 2 aliphatic rings.